The van der Waals surface area contributed by atoms with Crippen molar-refractivity contribution in [2.75, 3.05) is 18.9 Å². The Hall–Kier alpha value is -0.930. The SMILES string of the molecule is CB1N(C)B(C)N2c3c(C)cc(C)cc3C(C)(C)C2N1C. The second kappa shape index (κ2) is 4.53. The lowest BCUT2D eigenvalue weighted by molar-refractivity contribution is 0.258. The highest BCUT2D eigenvalue weighted by atomic mass is 15.4. The molecule has 21 heavy (non-hydrogen) atoms. The van der Waals surface area contributed by atoms with Gasteiger partial charge in [-0.1, -0.05) is 45.2 Å². The van der Waals surface area contributed by atoms with Crippen molar-refractivity contribution >= 4 is 19.7 Å². The number of likely N-dealkylation sites (N-methyl/N-ethyl adjacent to an activating group) is 1. The van der Waals surface area contributed by atoms with E-state index >= 15 is 0 Å². The van der Waals surface area contributed by atoms with E-state index in [1.54, 1.807) is 0 Å². The summed E-state index contributed by atoms with van der Waals surface area (Å²) in [6, 6.07) is 4.72. The Labute approximate surface area is 130 Å². The second-order valence-corrected chi connectivity index (χ2v) is 7.58. The first-order valence-electron chi connectivity index (χ1n) is 8.02. The second-order valence-electron chi connectivity index (χ2n) is 7.58. The van der Waals surface area contributed by atoms with E-state index in [4.69, 9.17) is 0 Å². The van der Waals surface area contributed by atoms with Crippen LogP contribution in [0.4, 0.5) is 5.69 Å². The fraction of sp³-hybridized carbons (Fsp3) is 0.625. The van der Waals surface area contributed by atoms with Crippen molar-refractivity contribution in [3.05, 3.63) is 28.8 Å². The minimum Gasteiger partial charge on any atom is -0.386 e. The molecule has 0 N–H and O–H groups in total. The van der Waals surface area contributed by atoms with E-state index in [9.17, 15) is 0 Å². The first-order chi connectivity index (χ1) is 9.67. The molecule has 1 fully saturated rings. The number of hydrogen-bond acceptors (Lipinski definition) is 3. The third kappa shape index (κ3) is 1.83. The standard InChI is InChI=1S/C16H27B2N3/c1-11-9-12(2)14-13(10-11)16(3,4)15-19(7)17(5)20(8)18(6)21(14)15/h9-10,15H,1-8H3. The summed E-state index contributed by atoms with van der Waals surface area (Å²) in [5.74, 6) is 0. The molecule has 1 saturated heterocycles. The van der Waals surface area contributed by atoms with Crippen LogP contribution in [0, 0.1) is 13.8 Å². The Balaban J connectivity index is 2.24. The highest BCUT2D eigenvalue weighted by Gasteiger charge is 2.55. The molecule has 0 amide bonds. The van der Waals surface area contributed by atoms with Gasteiger partial charge >= 0.3 is 6.98 Å². The summed E-state index contributed by atoms with van der Waals surface area (Å²) in [6.45, 7) is 14.8. The Morgan fingerprint density at radius 2 is 1.67 bits per heavy atom. The first kappa shape index (κ1) is 15.0. The van der Waals surface area contributed by atoms with Gasteiger partial charge in [-0.05, 0) is 39.1 Å². The third-order valence-electron chi connectivity index (χ3n) is 5.86. The Morgan fingerprint density at radius 1 is 1.05 bits per heavy atom. The molecular formula is C16H27B2N3. The van der Waals surface area contributed by atoms with E-state index in [-0.39, 0.29) is 5.41 Å². The smallest absolute Gasteiger partial charge is 0.330 e. The average molecular weight is 283 g/mol. The van der Waals surface area contributed by atoms with Crippen molar-refractivity contribution in [2.45, 2.75) is 52.9 Å². The van der Waals surface area contributed by atoms with Crippen LogP contribution in [0.15, 0.2) is 12.1 Å². The Kier molecular flexibility index (Phi) is 3.23. The van der Waals surface area contributed by atoms with Crippen LogP contribution in [-0.4, -0.2) is 43.8 Å². The molecule has 0 aliphatic carbocycles. The lowest BCUT2D eigenvalue weighted by Crippen LogP contribution is -2.73. The van der Waals surface area contributed by atoms with E-state index in [0.717, 1.165) is 0 Å². The van der Waals surface area contributed by atoms with Gasteiger partial charge < -0.3 is 14.3 Å². The number of benzene rings is 1. The number of rotatable bonds is 0. The molecule has 2 aliphatic heterocycles. The molecular weight excluding hydrogens is 256 g/mol. The molecule has 3 nitrogen and oxygen atoms in total. The van der Waals surface area contributed by atoms with Crippen molar-refractivity contribution in [1.29, 1.82) is 0 Å². The van der Waals surface area contributed by atoms with Gasteiger partial charge in [-0.25, -0.2) is 0 Å². The summed E-state index contributed by atoms with van der Waals surface area (Å²) in [6.07, 6.45) is 0.425. The van der Waals surface area contributed by atoms with Crippen molar-refractivity contribution < 1.29 is 0 Å². The van der Waals surface area contributed by atoms with Gasteiger partial charge in [-0.3, -0.25) is 0 Å². The zero-order chi connectivity index (χ0) is 15.7. The van der Waals surface area contributed by atoms with Gasteiger partial charge in [-0.2, -0.15) is 0 Å². The molecule has 3 rings (SSSR count). The van der Waals surface area contributed by atoms with Crippen LogP contribution in [0.2, 0.25) is 13.6 Å². The molecule has 0 bridgehead atoms. The van der Waals surface area contributed by atoms with Crippen LogP contribution in [0.1, 0.15) is 30.5 Å². The molecule has 0 spiro atoms. The van der Waals surface area contributed by atoms with Gasteiger partial charge in [0.2, 0.25) is 0 Å². The maximum Gasteiger partial charge on any atom is 0.330 e. The van der Waals surface area contributed by atoms with Gasteiger partial charge in [0.05, 0.1) is 6.17 Å². The number of hydrogen-bond donors (Lipinski definition) is 0. The van der Waals surface area contributed by atoms with Crippen molar-refractivity contribution in [3.63, 3.8) is 0 Å². The molecule has 0 aromatic heterocycles. The van der Waals surface area contributed by atoms with Crippen molar-refractivity contribution in [2.24, 2.45) is 0 Å². The predicted octanol–water partition coefficient (Wildman–Crippen LogP) is 2.84. The number of anilines is 1. The number of nitrogens with zero attached hydrogens (tertiary/aromatic N) is 3. The predicted molar refractivity (Wildman–Crippen MR) is 94.0 cm³/mol. The fourth-order valence-corrected chi connectivity index (χ4v) is 4.50. The molecule has 1 aromatic rings. The lowest BCUT2D eigenvalue weighted by atomic mass is 9.56. The quantitative estimate of drug-likeness (QED) is 0.678. The Morgan fingerprint density at radius 3 is 2.29 bits per heavy atom. The monoisotopic (exact) mass is 283 g/mol. The van der Waals surface area contributed by atoms with Crippen LogP contribution in [-0.2, 0) is 5.41 Å². The molecule has 1 aromatic carbocycles. The highest BCUT2D eigenvalue weighted by molar-refractivity contribution is 6.74. The van der Waals surface area contributed by atoms with Gasteiger partial charge in [0.1, 0.15) is 0 Å². The molecule has 0 radical (unpaired) electrons. The summed E-state index contributed by atoms with van der Waals surface area (Å²) in [4.78, 5) is 5.15. The number of fused-ring (bicyclic) bond motifs is 3. The van der Waals surface area contributed by atoms with E-state index in [0.29, 0.717) is 20.1 Å². The van der Waals surface area contributed by atoms with Crippen LogP contribution in [0.3, 0.4) is 0 Å². The maximum atomic E-state index is 2.63. The third-order valence-corrected chi connectivity index (χ3v) is 5.86. The first-order valence-corrected chi connectivity index (χ1v) is 8.02. The van der Waals surface area contributed by atoms with E-state index in [1.807, 2.05) is 0 Å². The van der Waals surface area contributed by atoms with E-state index in [2.05, 4.69) is 81.9 Å². The highest BCUT2D eigenvalue weighted by Crippen LogP contribution is 2.50. The van der Waals surface area contributed by atoms with Crippen molar-refractivity contribution in [3.8, 4) is 0 Å². The van der Waals surface area contributed by atoms with Crippen LogP contribution < -0.4 is 4.81 Å². The summed E-state index contributed by atoms with van der Waals surface area (Å²) in [5.41, 5.74) is 5.88. The summed E-state index contributed by atoms with van der Waals surface area (Å²) >= 11 is 0. The Bertz CT molecular complexity index is 587. The van der Waals surface area contributed by atoms with E-state index < -0.39 is 0 Å². The van der Waals surface area contributed by atoms with Crippen LogP contribution in [0.5, 0.6) is 0 Å². The van der Waals surface area contributed by atoms with E-state index in [1.165, 1.54) is 22.4 Å². The molecule has 1 atom stereocenters. The van der Waals surface area contributed by atoms with Crippen molar-refractivity contribution in [1.82, 2.24) is 9.53 Å². The molecule has 112 valence electrons. The molecule has 2 aliphatic rings. The van der Waals surface area contributed by atoms with Gasteiger partial charge in [0, 0.05) is 11.1 Å². The largest absolute Gasteiger partial charge is 0.386 e. The van der Waals surface area contributed by atoms with Gasteiger partial charge in [0.15, 0.2) is 0 Å². The molecule has 5 heteroatoms. The summed E-state index contributed by atoms with van der Waals surface area (Å²) in [7, 11) is 4.50. The topological polar surface area (TPSA) is 9.72 Å². The maximum absolute atomic E-state index is 2.63. The normalized spacial score (nSPS) is 25.3. The zero-order valence-electron chi connectivity index (χ0n) is 14.7. The zero-order valence-corrected chi connectivity index (χ0v) is 14.7. The average Bonchev–Trinajstić information content (AvgIpc) is 2.63. The summed E-state index contributed by atoms with van der Waals surface area (Å²) < 4.78 is 2.46. The lowest BCUT2D eigenvalue weighted by Gasteiger charge is -2.53. The number of aryl methyl sites for hydroxylation is 2. The van der Waals surface area contributed by atoms with Gasteiger partial charge in [0.25, 0.3) is 6.98 Å². The minimum atomic E-state index is 0.143. The fourth-order valence-electron chi connectivity index (χ4n) is 4.50. The molecule has 2 heterocycles. The van der Waals surface area contributed by atoms with Gasteiger partial charge in [-0.15, -0.1) is 0 Å². The van der Waals surface area contributed by atoms with Crippen LogP contribution in [0.25, 0.3) is 0 Å². The molecule has 1 unspecified atom stereocenters. The van der Waals surface area contributed by atoms with Crippen LogP contribution >= 0.6 is 0 Å². The molecule has 0 saturated carbocycles. The summed E-state index contributed by atoms with van der Waals surface area (Å²) in [5, 5.41) is 0. The minimum absolute atomic E-state index is 0.143.